The van der Waals surface area contributed by atoms with Crippen LogP contribution in [0.3, 0.4) is 0 Å². The molecule has 1 aliphatic heterocycles. The van der Waals surface area contributed by atoms with Crippen LogP contribution in [0.15, 0.2) is 41.0 Å². The molecule has 0 radical (unpaired) electrons. The van der Waals surface area contributed by atoms with Gasteiger partial charge in [-0.1, -0.05) is 0 Å². The van der Waals surface area contributed by atoms with E-state index in [0.29, 0.717) is 25.9 Å². The molecule has 0 spiro atoms. The average molecular weight is 440 g/mol. The fourth-order valence-electron chi connectivity index (χ4n) is 2.92. The van der Waals surface area contributed by atoms with Crippen molar-refractivity contribution in [1.29, 1.82) is 0 Å². The number of pyridine rings is 1. The lowest BCUT2D eigenvalue weighted by Gasteiger charge is -2.33. The Labute approximate surface area is 164 Å². The average Bonchev–Trinajstić information content (AvgIpc) is 2.65. The molecule has 0 saturated carbocycles. The van der Waals surface area contributed by atoms with Crippen LogP contribution in [-0.2, 0) is 0 Å². The number of amides is 2. The van der Waals surface area contributed by atoms with E-state index in [-0.39, 0.29) is 23.9 Å². The van der Waals surface area contributed by atoms with Gasteiger partial charge in [0.05, 0.1) is 11.7 Å². The van der Waals surface area contributed by atoms with Gasteiger partial charge in [-0.2, -0.15) is 0 Å². The highest BCUT2D eigenvalue weighted by atomic mass is 79.9. The highest BCUT2D eigenvalue weighted by Crippen LogP contribution is 2.23. The number of hydrogen-bond acceptors (Lipinski definition) is 3. The van der Waals surface area contributed by atoms with E-state index in [9.17, 15) is 13.6 Å². The number of rotatable bonds is 4. The summed E-state index contributed by atoms with van der Waals surface area (Å²) in [5.41, 5.74) is 0.775. The van der Waals surface area contributed by atoms with E-state index in [1.54, 1.807) is 11.1 Å². The summed E-state index contributed by atoms with van der Waals surface area (Å²) in [5, 5.41) is 2.93. The SMILES string of the molecule is CC(NC(=O)N1CCC(Oc2ccc(F)cc2F)CC1)c1ccc(Br)cn1. The van der Waals surface area contributed by atoms with Crippen molar-refractivity contribution in [1.82, 2.24) is 15.2 Å². The van der Waals surface area contributed by atoms with E-state index in [0.717, 1.165) is 16.2 Å². The molecule has 1 saturated heterocycles. The number of ether oxygens (including phenoxy) is 1. The summed E-state index contributed by atoms with van der Waals surface area (Å²) in [6.07, 6.45) is 2.64. The number of nitrogens with one attached hydrogen (secondary N) is 1. The minimum atomic E-state index is -0.717. The number of hydrogen-bond donors (Lipinski definition) is 1. The van der Waals surface area contributed by atoms with Gasteiger partial charge in [0.25, 0.3) is 0 Å². The molecule has 3 rings (SSSR count). The van der Waals surface area contributed by atoms with Gasteiger partial charge < -0.3 is 15.0 Å². The Bertz CT molecular complexity index is 796. The maximum atomic E-state index is 13.7. The molecule has 5 nitrogen and oxygen atoms in total. The maximum Gasteiger partial charge on any atom is 0.317 e. The predicted octanol–water partition coefficient (Wildman–Crippen LogP) is 4.44. The molecular weight excluding hydrogens is 420 g/mol. The normalized spacial score (nSPS) is 16.1. The van der Waals surface area contributed by atoms with Crippen molar-refractivity contribution in [3.63, 3.8) is 0 Å². The Morgan fingerprint density at radius 1 is 1.30 bits per heavy atom. The van der Waals surface area contributed by atoms with E-state index < -0.39 is 11.6 Å². The minimum Gasteiger partial charge on any atom is -0.487 e. The summed E-state index contributed by atoms with van der Waals surface area (Å²) in [7, 11) is 0. The number of urea groups is 1. The Morgan fingerprint density at radius 3 is 2.67 bits per heavy atom. The minimum absolute atomic E-state index is 0.0363. The van der Waals surface area contributed by atoms with Crippen molar-refractivity contribution in [2.75, 3.05) is 13.1 Å². The molecular formula is C19H20BrF2N3O2. The van der Waals surface area contributed by atoms with Gasteiger partial charge in [-0.25, -0.2) is 13.6 Å². The lowest BCUT2D eigenvalue weighted by atomic mass is 10.1. The molecule has 1 aromatic carbocycles. The van der Waals surface area contributed by atoms with Crippen LogP contribution in [0, 0.1) is 11.6 Å². The molecule has 144 valence electrons. The zero-order valence-electron chi connectivity index (χ0n) is 14.8. The van der Waals surface area contributed by atoms with Gasteiger partial charge >= 0.3 is 6.03 Å². The third-order valence-electron chi connectivity index (χ3n) is 4.45. The molecule has 1 aromatic heterocycles. The fraction of sp³-hybridized carbons (Fsp3) is 0.368. The van der Waals surface area contributed by atoms with Crippen LogP contribution >= 0.6 is 15.9 Å². The van der Waals surface area contributed by atoms with Crippen LogP contribution in [0.4, 0.5) is 13.6 Å². The van der Waals surface area contributed by atoms with E-state index >= 15 is 0 Å². The zero-order valence-corrected chi connectivity index (χ0v) is 16.4. The van der Waals surface area contributed by atoms with Crippen molar-refractivity contribution < 1.29 is 18.3 Å². The van der Waals surface area contributed by atoms with Gasteiger partial charge in [-0.05, 0) is 47.1 Å². The fourth-order valence-corrected chi connectivity index (χ4v) is 3.16. The molecule has 0 bridgehead atoms. The van der Waals surface area contributed by atoms with Crippen molar-refractivity contribution in [3.05, 3.63) is 58.3 Å². The van der Waals surface area contributed by atoms with Gasteiger partial charge in [0.1, 0.15) is 11.9 Å². The summed E-state index contributed by atoms with van der Waals surface area (Å²) >= 11 is 3.33. The van der Waals surface area contributed by atoms with Crippen LogP contribution in [-0.4, -0.2) is 35.1 Å². The third kappa shape index (κ3) is 5.15. The molecule has 27 heavy (non-hydrogen) atoms. The summed E-state index contributed by atoms with van der Waals surface area (Å²) in [5.74, 6) is -1.32. The first kappa shape index (κ1) is 19.5. The lowest BCUT2D eigenvalue weighted by Crippen LogP contribution is -2.47. The number of piperidine rings is 1. The smallest absolute Gasteiger partial charge is 0.317 e. The number of halogens is 3. The van der Waals surface area contributed by atoms with Crippen LogP contribution in [0.25, 0.3) is 0 Å². The second kappa shape index (κ2) is 8.65. The molecule has 2 aromatic rings. The molecule has 2 heterocycles. The quantitative estimate of drug-likeness (QED) is 0.765. The van der Waals surface area contributed by atoms with Gasteiger partial charge in [-0.15, -0.1) is 0 Å². The number of nitrogens with zero attached hydrogens (tertiary/aromatic N) is 2. The van der Waals surface area contributed by atoms with Crippen molar-refractivity contribution in [2.45, 2.75) is 31.9 Å². The third-order valence-corrected chi connectivity index (χ3v) is 4.92. The second-order valence-corrected chi connectivity index (χ2v) is 7.37. The topological polar surface area (TPSA) is 54.5 Å². The highest BCUT2D eigenvalue weighted by molar-refractivity contribution is 9.10. The van der Waals surface area contributed by atoms with E-state index in [2.05, 4.69) is 26.2 Å². The number of aromatic nitrogens is 1. The monoisotopic (exact) mass is 439 g/mol. The summed E-state index contributed by atoms with van der Waals surface area (Å²) in [6, 6.07) is 6.60. The van der Waals surface area contributed by atoms with Crippen molar-refractivity contribution >= 4 is 22.0 Å². The number of carbonyl (C=O) groups is 1. The van der Waals surface area contributed by atoms with Crippen LogP contribution in [0.5, 0.6) is 5.75 Å². The van der Waals surface area contributed by atoms with Gasteiger partial charge in [-0.3, -0.25) is 4.98 Å². The van der Waals surface area contributed by atoms with E-state index in [1.807, 2.05) is 19.1 Å². The largest absolute Gasteiger partial charge is 0.487 e. The molecule has 1 atom stereocenters. The second-order valence-electron chi connectivity index (χ2n) is 6.45. The molecule has 8 heteroatoms. The Morgan fingerprint density at radius 2 is 2.04 bits per heavy atom. The molecule has 2 amide bonds. The zero-order chi connectivity index (χ0) is 19.4. The standard InChI is InChI=1S/C19H20BrF2N3O2/c1-12(17-4-2-13(20)11-23-17)24-19(26)25-8-6-15(7-9-25)27-18-5-3-14(21)10-16(18)22/h2-5,10-12,15H,6-9H2,1H3,(H,24,26). The van der Waals surface area contributed by atoms with E-state index in [1.165, 1.54) is 12.1 Å². The van der Waals surface area contributed by atoms with E-state index in [4.69, 9.17) is 4.74 Å². The number of likely N-dealkylation sites (tertiary alicyclic amines) is 1. The molecule has 1 aliphatic rings. The van der Waals surface area contributed by atoms with Crippen molar-refractivity contribution in [2.24, 2.45) is 0 Å². The summed E-state index contributed by atoms with van der Waals surface area (Å²) < 4.78 is 33.1. The summed E-state index contributed by atoms with van der Waals surface area (Å²) in [6.45, 7) is 2.88. The Kier molecular flexibility index (Phi) is 6.26. The lowest BCUT2D eigenvalue weighted by molar-refractivity contribution is 0.106. The molecule has 1 N–H and O–H groups in total. The Balaban J connectivity index is 1.49. The first-order chi connectivity index (χ1) is 12.9. The first-order valence-electron chi connectivity index (χ1n) is 8.71. The summed E-state index contributed by atoms with van der Waals surface area (Å²) in [4.78, 5) is 18.4. The number of carbonyl (C=O) groups excluding carboxylic acids is 1. The Hall–Kier alpha value is -2.22. The highest BCUT2D eigenvalue weighted by Gasteiger charge is 2.25. The van der Waals surface area contributed by atoms with Crippen LogP contribution in [0.1, 0.15) is 31.5 Å². The van der Waals surface area contributed by atoms with Crippen LogP contribution < -0.4 is 10.1 Å². The predicted molar refractivity (Wildman–Crippen MR) is 100 cm³/mol. The molecule has 1 unspecified atom stereocenters. The molecule has 1 fully saturated rings. The van der Waals surface area contributed by atoms with Crippen molar-refractivity contribution in [3.8, 4) is 5.75 Å². The molecule has 0 aliphatic carbocycles. The van der Waals surface area contributed by atoms with Crippen LogP contribution in [0.2, 0.25) is 0 Å². The van der Waals surface area contributed by atoms with Gasteiger partial charge in [0.15, 0.2) is 11.6 Å². The first-order valence-corrected chi connectivity index (χ1v) is 9.50. The maximum absolute atomic E-state index is 13.7. The van der Waals surface area contributed by atoms with Gasteiger partial charge in [0.2, 0.25) is 0 Å². The van der Waals surface area contributed by atoms with Gasteiger partial charge in [0, 0.05) is 42.7 Å². The number of benzene rings is 1.